The summed E-state index contributed by atoms with van der Waals surface area (Å²) in [5.41, 5.74) is 7.32. The third kappa shape index (κ3) is 2.68. The Bertz CT molecular complexity index is 538. The molecule has 0 radical (unpaired) electrons. The van der Waals surface area contributed by atoms with E-state index in [9.17, 15) is 4.79 Å². The Balaban J connectivity index is 2.30. The first-order valence-corrected chi connectivity index (χ1v) is 4.92. The predicted molar refractivity (Wildman–Crippen MR) is 62.4 cm³/mol. The second kappa shape index (κ2) is 5.05. The highest BCUT2D eigenvalue weighted by Gasteiger charge is 2.07. The Morgan fingerprint density at radius 2 is 2.11 bits per heavy atom. The van der Waals surface area contributed by atoms with Crippen LogP contribution in [0.5, 0.6) is 0 Å². The van der Waals surface area contributed by atoms with Gasteiger partial charge in [0.15, 0.2) is 0 Å². The number of hydrazine groups is 1. The molecule has 0 saturated carbocycles. The van der Waals surface area contributed by atoms with Gasteiger partial charge in [-0.1, -0.05) is 0 Å². The van der Waals surface area contributed by atoms with E-state index in [2.05, 4.69) is 30.7 Å². The highest BCUT2D eigenvalue weighted by Crippen LogP contribution is 2.07. The van der Waals surface area contributed by atoms with E-state index in [1.165, 1.54) is 6.33 Å². The maximum atomic E-state index is 10.7. The van der Waals surface area contributed by atoms with Gasteiger partial charge in [0.25, 0.3) is 0 Å². The number of carbonyl (C=O) groups is 1. The molecule has 0 aliphatic rings. The molecule has 0 aromatic carbocycles. The molecule has 0 atom stereocenters. The van der Waals surface area contributed by atoms with Crippen molar-refractivity contribution in [2.75, 3.05) is 17.3 Å². The SMILES string of the molecule is NNc1nc(NCC(N)=O)nc(-n2ccnc2)n1. The zero-order valence-corrected chi connectivity index (χ0v) is 9.24. The maximum Gasteiger partial charge on any atom is 0.243 e. The first kappa shape index (κ1) is 11.7. The molecule has 94 valence electrons. The summed E-state index contributed by atoms with van der Waals surface area (Å²) in [5, 5.41) is 2.66. The Kier molecular flexibility index (Phi) is 3.29. The van der Waals surface area contributed by atoms with Crippen molar-refractivity contribution in [3.63, 3.8) is 0 Å². The molecule has 0 saturated heterocycles. The van der Waals surface area contributed by atoms with Crippen LogP contribution in [0.3, 0.4) is 0 Å². The van der Waals surface area contributed by atoms with Gasteiger partial charge in [-0.2, -0.15) is 15.0 Å². The summed E-state index contributed by atoms with van der Waals surface area (Å²) in [7, 11) is 0. The van der Waals surface area contributed by atoms with Crippen molar-refractivity contribution < 1.29 is 4.79 Å². The van der Waals surface area contributed by atoms with Gasteiger partial charge in [0.1, 0.15) is 6.33 Å². The molecular formula is C8H11N9O. The summed E-state index contributed by atoms with van der Waals surface area (Å²) in [4.78, 5) is 26.6. The summed E-state index contributed by atoms with van der Waals surface area (Å²) >= 11 is 0. The second-order valence-corrected chi connectivity index (χ2v) is 3.22. The second-order valence-electron chi connectivity index (χ2n) is 3.22. The lowest BCUT2D eigenvalue weighted by Gasteiger charge is -2.07. The third-order valence-corrected chi connectivity index (χ3v) is 1.91. The topological polar surface area (TPSA) is 150 Å². The summed E-state index contributed by atoms with van der Waals surface area (Å²) < 4.78 is 1.57. The Morgan fingerprint density at radius 3 is 2.72 bits per heavy atom. The van der Waals surface area contributed by atoms with Gasteiger partial charge >= 0.3 is 0 Å². The van der Waals surface area contributed by atoms with E-state index in [1.807, 2.05) is 0 Å². The van der Waals surface area contributed by atoms with Crippen molar-refractivity contribution in [3.8, 4) is 5.95 Å². The van der Waals surface area contributed by atoms with Crippen LogP contribution in [0, 0.1) is 0 Å². The van der Waals surface area contributed by atoms with Crippen molar-refractivity contribution in [1.29, 1.82) is 0 Å². The molecule has 2 aromatic rings. The van der Waals surface area contributed by atoms with Crippen LogP contribution >= 0.6 is 0 Å². The number of nitrogens with one attached hydrogen (secondary N) is 2. The monoisotopic (exact) mass is 249 g/mol. The number of amides is 1. The zero-order chi connectivity index (χ0) is 13.0. The van der Waals surface area contributed by atoms with Crippen molar-refractivity contribution in [1.82, 2.24) is 24.5 Å². The number of primary amides is 1. The van der Waals surface area contributed by atoms with Crippen LogP contribution in [-0.2, 0) is 4.79 Å². The number of nitrogens with two attached hydrogens (primary N) is 2. The first-order valence-electron chi connectivity index (χ1n) is 4.92. The molecule has 2 aromatic heterocycles. The van der Waals surface area contributed by atoms with Gasteiger partial charge in [0.05, 0.1) is 6.54 Å². The predicted octanol–water partition coefficient (Wildman–Crippen LogP) is -1.76. The summed E-state index contributed by atoms with van der Waals surface area (Å²) in [6.45, 7) is -0.0859. The largest absolute Gasteiger partial charge is 0.368 e. The standard InChI is InChI=1S/C8H11N9O/c9-5(18)3-12-6-13-7(16-10)15-8(14-6)17-2-1-11-4-17/h1-2,4H,3,10H2,(H2,9,18)(H2,12,13,14,15,16). The van der Waals surface area contributed by atoms with E-state index in [0.717, 1.165) is 0 Å². The fourth-order valence-electron chi connectivity index (χ4n) is 1.17. The zero-order valence-electron chi connectivity index (χ0n) is 9.24. The van der Waals surface area contributed by atoms with Gasteiger partial charge < -0.3 is 11.1 Å². The summed E-state index contributed by atoms with van der Waals surface area (Å²) in [6, 6.07) is 0. The van der Waals surface area contributed by atoms with E-state index < -0.39 is 5.91 Å². The molecule has 2 rings (SSSR count). The lowest BCUT2D eigenvalue weighted by Crippen LogP contribution is -2.23. The number of nitrogens with zero attached hydrogens (tertiary/aromatic N) is 5. The fraction of sp³-hybridized carbons (Fsp3) is 0.125. The molecule has 1 amide bonds. The number of anilines is 2. The molecule has 2 heterocycles. The average Bonchev–Trinajstić information content (AvgIpc) is 2.89. The number of rotatable bonds is 5. The highest BCUT2D eigenvalue weighted by molar-refractivity contribution is 5.78. The number of hydrogen-bond acceptors (Lipinski definition) is 8. The van der Waals surface area contributed by atoms with Crippen molar-refractivity contribution in [3.05, 3.63) is 18.7 Å². The highest BCUT2D eigenvalue weighted by atomic mass is 16.1. The molecule has 6 N–H and O–H groups in total. The van der Waals surface area contributed by atoms with Gasteiger partial charge in [0, 0.05) is 12.4 Å². The normalized spacial score (nSPS) is 10.1. The molecule has 10 nitrogen and oxygen atoms in total. The number of aromatic nitrogens is 5. The molecule has 0 spiro atoms. The van der Waals surface area contributed by atoms with Crippen LogP contribution in [-0.4, -0.2) is 37.0 Å². The number of carbonyl (C=O) groups excluding carboxylic acids is 1. The van der Waals surface area contributed by atoms with Crippen molar-refractivity contribution in [2.45, 2.75) is 0 Å². The van der Waals surface area contributed by atoms with Crippen LogP contribution < -0.4 is 22.3 Å². The molecule has 0 fully saturated rings. The van der Waals surface area contributed by atoms with Crippen LogP contribution in [0.25, 0.3) is 5.95 Å². The van der Waals surface area contributed by atoms with Gasteiger partial charge in [-0.15, -0.1) is 0 Å². The van der Waals surface area contributed by atoms with Crippen LogP contribution in [0.4, 0.5) is 11.9 Å². The van der Waals surface area contributed by atoms with Crippen LogP contribution in [0.1, 0.15) is 0 Å². The summed E-state index contributed by atoms with van der Waals surface area (Å²) in [5.74, 6) is 5.37. The van der Waals surface area contributed by atoms with E-state index in [0.29, 0.717) is 5.95 Å². The molecule has 0 aliphatic carbocycles. The molecular weight excluding hydrogens is 238 g/mol. The van der Waals surface area contributed by atoms with E-state index in [4.69, 9.17) is 11.6 Å². The number of imidazole rings is 1. The van der Waals surface area contributed by atoms with Crippen molar-refractivity contribution in [2.24, 2.45) is 11.6 Å². The fourth-order valence-corrected chi connectivity index (χ4v) is 1.17. The third-order valence-electron chi connectivity index (χ3n) is 1.91. The Hall–Kier alpha value is -2.75. The smallest absolute Gasteiger partial charge is 0.243 e. The van der Waals surface area contributed by atoms with Crippen LogP contribution in [0.15, 0.2) is 18.7 Å². The van der Waals surface area contributed by atoms with E-state index >= 15 is 0 Å². The molecule has 0 unspecified atom stereocenters. The first-order chi connectivity index (χ1) is 8.69. The molecule has 0 bridgehead atoms. The Morgan fingerprint density at radius 1 is 1.33 bits per heavy atom. The van der Waals surface area contributed by atoms with Gasteiger partial charge in [-0.25, -0.2) is 10.8 Å². The van der Waals surface area contributed by atoms with Crippen LogP contribution in [0.2, 0.25) is 0 Å². The minimum atomic E-state index is -0.526. The van der Waals surface area contributed by atoms with Gasteiger partial charge in [-0.05, 0) is 0 Å². The maximum absolute atomic E-state index is 10.7. The lowest BCUT2D eigenvalue weighted by molar-refractivity contribution is -0.116. The van der Waals surface area contributed by atoms with Gasteiger partial charge in [-0.3, -0.25) is 14.8 Å². The minimum absolute atomic E-state index is 0.0859. The number of nitrogen functional groups attached to an aromatic ring is 1. The van der Waals surface area contributed by atoms with E-state index in [-0.39, 0.29) is 18.4 Å². The van der Waals surface area contributed by atoms with E-state index in [1.54, 1.807) is 17.0 Å². The van der Waals surface area contributed by atoms with Gasteiger partial charge in [0.2, 0.25) is 23.8 Å². The molecule has 10 heteroatoms. The quantitative estimate of drug-likeness (QED) is 0.359. The molecule has 0 aliphatic heterocycles. The number of hydrogen-bond donors (Lipinski definition) is 4. The lowest BCUT2D eigenvalue weighted by atomic mass is 10.6. The minimum Gasteiger partial charge on any atom is -0.368 e. The summed E-state index contributed by atoms with van der Waals surface area (Å²) in [6.07, 6.45) is 4.76. The van der Waals surface area contributed by atoms with Crippen molar-refractivity contribution >= 4 is 17.8 Å². The molecule has 18 heavy (non-hydrogen) atoms. The Labute approximate surface area is 101 Å². The average molecular weight is 249 g/mol.